The number of carbonyl (C=O) groups excluding carboxylic acids is 1. The quantitative estimate of drug-likeness (QED) is 0.829. The average molecular weight is 346 g/mol. The highest BCUT2D eigenvalue weighted by Crippen LogP contribution is 2.44. The summed E-state index contributed by atoms with van der Waals surface area (Å²) in [6.07, 6.45) is 5.93. The van der Waals surface area contributed by atoms with Gasteiger partial charge in [0.25, 0.3) is 0 Å². The van der Waals surface area contributed by atoms with Crippen molar-refractivity contribution < 1.29 is 14.3 Å². The Morgan fingerprint density at radius 1 is 1.20 bits per heavy atom. The van der Waals surface area contributed by atoms with Crippen LogP contribution in [0.15, 0.2) is 24.3 Å². The fourth-order valence-electron chi connectivity index (χ4n) is 4.40. The Kier molecular flexibility index (Phi) is 5.64. The van der Waals surface area contributed by atoms with Crippen LogP contribution in [-0.4, -0.2) is 39.3 Å². The normalized spacial score (nSPS) is 21.7. The van der Waals surface area contributed by atoms with E-state index in [2.05, 4.69) is 17.4 Å². The summed E-state index contributed by atoms with van der Waals surface area (Å²) < 4.78 is 11.0. The molecular weight excluding hydrogens is 316 g/mol. The molecule has 0 aromatic heterocycles. The smallest absolute Gasteiger partial charge is 0.227 e. The highest BCUT2D eigenvalue weighted by Gasteiger charge is 2.42. The number of methoxy groups -OCH3 is 1. The summed E-state index contributed by atoms with van der Waals surface area (Å²) in [5.74, 6) is 0.998. The van der Waals surface area contributed by atoms with Crippen LogP contribution in [0.4, 0.5) is 0 Å². The molecule has 5 nitrogen and oxygen atoms in total. The van der Waals surface area contributed by atoms with Crippen LogP contribution in [0.3, 0.4) is 0 Å². The van der Waals surface area contributed by atoms with Gasteiger partial charge >= 0.3 is 0 Å². The molecule has 1 saturated heterocycles. The molecule has 1 aliphatic carbocycles. The fraction of sp³-hybridized carbons (Fsp3) is 0.650. The molecule has 1 heterocycles. The second-order valence-corrected chi connectivity index (χ2v) is 7.47. The lowest BCUT2D eigenvalue weighted by Crippen LogP contribution is -2.51. The van der Waals surface area contributed by atoms with Crippen molar-refractivity contribution in [3.8, 4) is 5.75 Å². The number of rotatable bonds is 6. The number of benzene rings is 1. The molecule has 25 heavy (non-hydrogen) atoms. The van der Waals surface area contributed by atoms with Crippen molar-refractivity contribution in [2.75, 3.05) is 33.4 Å². The van der Waals surface area contributed by atoms with Gasteiger partial charge in [-0.15, -0.1) is 0 Å². The molecule has 1 saturated carbocycles. The van der Waals surface area contributed by atoms with Gasteiger partial charge in [-0.3, -0.25) is 4.79 Å². The second kappa shape index (κ2) is 7.75. The SMILES string of the molecule is COc1ccccc1C1(CNC(=O)C2(CN)CCOCC2)CCCC1. The molecule has 0 atom stereocenters. The predicted molar refractivity (Wildman–Crippen MR) is 97.7 cm³/mol. The summed E-state index contributed by atoms with van der Waals surface area (Å²) in [4.78, 5) is 13.0. The number of hydrogen-bond acceptors (Lipinski definition) is 4. The van der Waals surface area contributed by atoms with E-state index in [-0.39, 0.29) is 11.3 Å². The summed E-state index contributed by atoms with van der Waals surface area (Å²) >= 11 is 0. The highest BCUT2D eigenvalue weighted by atomic mass is 16.5. The number of carbonyl (C=O) groups is 1. The van der Waals surface area contributed by atoms with E-state index in [1.807, 2.05) is 12.1 Å². The second-order valence-electron chi connectivity index (χ2n) is 7.47. The molecule has 5 heteroatoms. The zero-order chi connectivity index (χ0) is 17.8. The summed E-state index contributed by atoms with van der Waals surface area (Å²) in [5.41, 5.74) is 6.68. The molecule has 1 aliphatic heterocycles. The van der Waals surface area contributed by atoms with Crippen molar-refractivity contribution in [3.63, 3.8) is 0 Å². The van der Waals surface area contributed by atoms with E-state index in [0.29, 0.717) is 39.1 Å². The highest BCUT2D eigenvalue weighted by molar-refractivity contribution is 5.83. The van der Waals surface area contributed by atoms with Crippen LogP contribution >= 0.6 is 0 Å². The molecule has 0 radical (unpaired) electrons. The summed E-state index contributed by atoms with van der Waals surface area (Å²) in [6, 6.07) is 8.20. The molecule has 2 aliphatic rings. The lowest BCUT2D eigenvalue weighted by atomic mass is 9.76. The maximum atomic E-state index is 13.0. The Balaban J connectivity index is 1.77. The number of nitrogens with two attached hydrogens (primary N) is 1. The lowest BCUT2D eigenvalue weighted by molar-refractivity contribution is -0.136. The fourth-order valence-corrected chi connectivity index (χ4v) is 4.40. The summed E-state index contributed by atoms with van der Waals surface area (Å²) in [7, 11) is 1.71. The van der Waals surface area contributed by atoms with E-state index in [4.69, 9.17) is 15.2 Å². The molecule has 0 unspecified atom stereocenters. The van der Waals surface area contributed by atoms with Crippen molar-refractivity contribution in [3.05, 3.63) is 29.8 Å². The zero-order valence-corrected chi connectivity index (χ0v) is 15.2. The first-order valence-corrected chi connectivity index (χ1v) is 9.35. The van der Waals surface area contributed by atoms with Crippen LogP contribution in [0.2, 0.25) is 0 Å². The number of nitrogens with one attached hydrogen (secondary N) is 1. The van der Waals surface area contributed by atoms with Gasteiger partial charge in [0.15, 0.2) is 0 Å². The summed E-state index contributed by atoms with van der Waals surface area (Å²) in [6.45, 7) is 2.25. The van der Waals surface area contributed by atoms with Gasteiger partial charge in [-0.1, -0.05) is 31.0 Å². The number of hydrogen-bond donors (Lipinski definition) is 2. The van der Waals surface area contributed by atoms with Crippen LogP contribution in [0.25, 0.3) is 0 Å². The molecule has 3 rings (SSSR count). The van der Waals surface area contributed by atoms with E-state index >= 15 is 0 Å². The molecule has 0 spiro atoms. The average Bonchev–Trinajstić information content (AvgIpc) is 3.16. The van der Waals surface area contributed by atoms with Crippen molar-refractivity contribution in [2.24, 2.45) is 11.1 Å². The van der Waals surface area contributed by atoms with Gasteiger partial charge in [-0.05, 0) is 31.7 Å². The summed E-state index contributed by atoms with van der Waals surface area (Å²) in [5, 5.41) is 3.25. The molecular formula is C20H30N2O3. The van der Waals surface area contributed by atoms with Crippen LogP contribution in [-0.2, 0) is 14.9 Å². The van der Waals surface area contributed by atoms with Crippen molar-refractivity contribution >= 4 is 5.91 Å². The molecule has 1 amide bonds. The first-order chi connectivity index (χ1) is 12.2. The third-order valence-electron chi connectivity index (χ3n) is 6.15. The molecule has 3 N–H and O–H groups in total. The van der Waals surface area contributed by atoms with Crippen LogP contribution < -0.4 is 15.8 Å². The molecule has 1 aromatic carbocycles. The van der Waals surface area contributed by atoms with Crippen molar-refractivity contribution in [1.82, 2.24) is 5.32 Å². The van der Waals surface area contributed by atoms with Gasteiger partial charge < -0.3 is 20.5 Å². The van der Waals surface area contributed by atoms with Gasteiger partial charge in [-0.25, -0.2) is 0 Å². The van der Waals surface area contributed by atoms with E-state index in [1.165, 1.54) is 18.4 Å². The largest absolute Gasteiger partial charge is 0.496 e. The van der Waals surface area contributed by atoms with E-state index < -0.39 is 5.41 Å². The Hall–Kier alpha value is -1.59. The Morgan fingerprint density at radius 3 is 2.52 bits per heavy atom. The molecule has 138 valence electrons. The van der Waals surface area contributed by atoms with E-state index in [0.717, 1.165) is 18.6 Å². The maximum Gasteiger partial charge on any atom is 0.227 e. The molecule has 1 aromatic rings. The number of ether oxygens (including phenoxy) is 2. The topological polar surface area (TPSA) is 73.6 Å². The first-order valence-electron chi connectivity index (χ1n) is 9.35. The minimum Gasteiger partial charge on any atom is -0.496 e. The van der Waals surface area contributed by atoms with Crippen molar-refractivity contribution in [1.29, 1.82) is 0 Å². The minimum absolute atomic E-state index is 0.0385. The van der Waals surface area contributed by atoms with Crippen LogP contribution in [0, 0.1) is 5.41 Å². The number of amides is 1. The third kappa shape index (κ3) is 3.53. The van der Waals surface area contributed by atoms with Crippen molar-refractivity contribution in [2.45, 2.75) is 43.9 Å². The zero-order valence-electron chi connectivity index (χ0n) is 15.2. The van der Waals surface area contributed by atoms with Crippen LogP contribution in [0.5, 0.6) is 5.75 Å². The Morgan fingerprint density at radius 2 is 1.88 bits per heavy atom. The number of para-hydroxylation sites is 1. The van der Waals surface area contributed by atoms with E-state index in [1.54, 1.807) is 7.11 Å². The lowest BCUT2D eigenvalue weighted by Gasteiger charge is -2.37. The standard InChI is InChI=1S/C20H30N2O3/c1-24-17-7-3-2-6-16(17)20(8-4-5-9-20)15-22-18(23)19(14-21)10-12-25-13-11-19/h2-3,6-7H,4-5,8-15,21H2,1H3,(H,22,23). The third-order valence-corrected chi connectivity index (χ3v) is 6.15. The monoisotopic (exact) mass is 346 g/mol. The van der Waals surface area contributed by atoms with Gasteiger partial charge in [0.2, 0.25) is 5.91 Å². The Bertz CT molecular complexity index is 590. The molecule has 0 bridgehead atoms. The Labute approximate surface area is 150 Å². The minimum atomic E-state index is -0.473. The van der Waals surface area contributed by atoms with Crippen LogP contribution in [0.1, 0.15) is 44.1 Å². The predicted octanol–water partition coefficient (Wildman–Crippen LogP) is 2.38. The van der Waals surface area contributed by atoms with E-state index in [9.17, 15) is 4.79 Å². The van der Waals surface area contributed by atoms with Gasteiger partial charge in [0.1, 0.15) is 5.75 Å². The van der Waals surface area contributed by atoms with Gasteiger partial charge in [-0.2, -0.15) is 0 Å². The first kappa shape index (κ1) is 18.2. The van der Waals surface area contributed by atoms with Gasteiger partial charge in [0.05, 0.1) is 12.5 Å². The maximum absolute atomic E-state index is 13.0. The molecule has 2 fully saturated rings. The van der Waals surface area contributed by atoms with Gasteiger partial charge in [0, 0.05) is 37.3 Å².